The van der Waals surface area contributed by atoms with Gasteiger partial charge in [0.25, 0.3) is 0 Å². The van der Waals surface area contributed by atoms with Crippen LogP contribution in [0.4, 0.5) is 10.1 Å². The maximum atomic E-state index is 14.0. The summed E-state index contributed by atoms with van der Waals surface area (Å²) in [5, 5.41) is 2.73. The molecular formula is C14H15BrFNS. The molecule has 18 heavy (non-hydrogen) atoms. The van der Waals surface area contributed by atoms with Gasteiger partial charge in [-0.05, 0) is 36.1 Å². The molecule has 2 aromatic rings. The Labute approximate surface area is 119 Å². The van der Waals surface area contributed by atoms with Gasteiger partial charge in [0.15, 0.2) is 0 Å². The molecule has 0 bridgehead atoms. The number of rotatable bonds is 5. The maximum Gasteiger partial charge on any atom is 0.146 e. The number of nitrogens with zero attached hydrogens (tertiary/aromatic N) is 1. The van der Waals surface area contributed by atoms with E-state index in [1.165, 1.54) is 4.88 Å². The molecule has 4 heteroatoms. The fourth-order valence-electron chi connectivity index (χ4n) is 1.85. The van der Waals surface area contributed by atoms with Crippen LogP contribution in [0.2, 0.25) is 0 Å². The third kappa shape index (κ3) is 3.12. The summed E-state index contributed by atoms with van der Waals surface area (Å²) in [6, 6.07) is 9.53. The predicted octanol–water partition coefficient (Wildman–Crippen LogP) is 4.81. The first kappa shape index (κ1) is 13.6. The maximum absolute atomic E-state index is 14.0. The van der Waals surface area contributed by atoms with Crippen LogP contribution in [0.3, 0.4) is 0 Å². The number of thiophene rings is 1. The standard InChI is InChI=1S/C14H15BrFNS/c1-2-17(10-12-4-3-7-18-12)14-6-5-11(9-15)8-13(14)16/h3-8H,2,9-10H2,1H3. The average molecular weight is 328 g/mol. The zero-order valence-electron chi connectivity index (χ0n) is 10.2. The highest BCUT2D eigenvalue weighted by molar-refractivity contribution is 9.08. The van der Waals surface area contributed by atoms with Crippen molar-refractivity contribution in [3.8, 4) is 0 Å². The first-order valence-electron chi connectivity index (χ1n) is 5.86. The fraction of sp³-hybridized carbons (Fsp3) is 0.286. The van der Waals surface area contributed by atoms with E-state index < -0.39 is 0 Å². The number of alkyl halides is 1. The molecule has 0 fully saturated rings. The van der Waals surface area contributed by atoms with Crippen LogP contribution in [0.5, 0.6) is 0 Å². The molecule has 1 nitrogen and oxygen atoms in total. The van der Waals surface area contributed by atoms with E-state index in [0.29, 0.717) is 11.0 Å². The molecule has 2 rings (SSSR count). The lowest BCUT2D eigenvalue weighted by Crippen LogP contribution is -2.22. The van der Waals surface area contributed by atoms with Crippen molar-refractivity contribution >= 4 is 33.0 Å². The summed E-state index contributed by atoms with van der Waals surface area (Å²) < 4.78 is 14.0. The van der Waals surface area contributed by atoms with Gasteiger partial charge in [0.2, 0.25) is 0 Å². The van der Waals surface area contributed by atoms with Gasteiger partial charge in [0, 0.05) is 16.8 Å². The molecule has 0 saturated carbocycles. The Kier molecular flexibility index (Phi) is 4.78. The van der Waals surface area contributed by atoms with Gasteiger partial charge >= 0.3 is 0 Å². The van der Waals surface area contributed by atoms with E-state index in [1.807, 2.05) is 30.5 Å². The first-order valence-corrected chi connectivity index (χ1v) is 7.86. The molecule has 0 atom stereocenters. The van der Waals surface area contributed by atoms with Crippen molar-refractivity contribution in [2.45, 2.75) is 18.8 Å². The highest BCUT2D eigenvalue weighted by atomic mass is 79.9. The summed E-state index contributed by atoms with van der Waals surface area (Å²) in [5.41, 5.74) is 1.64. The fourth-order valence-corrected chi connectivity index (χ4v) is 2.92. The molecule has 0 aliphatic carbocycles. The summed E-state index contributed by atoms with van der Waals surface area (Å²) in [6.45, 7) is 3.60. The Morgan fingerprint density at radius 2 is 2.17 bits per heavy atom. The van der Waals surface area contributed by atoms with E-state index in [0.717, 1.165) is 18.7 Å². The van der Waals surface area contributed by atoms with Gasteiger partial charge in [0.05, 0.1) is 12.2 Å². The minimum atomic E-state index is -0.148. The van der Waals surface area contributed by atoms with Crippen molar-refractivity contribution in [1.82, 2.24) is 0 Å². The van der Waals surface area contributed by atoms with Crippen LogP contribution in [-0.2, 0) is 11.9 Å². The van der Waals surface area contributed by atoms with Crippen molar-refractivity contribution in [3.05, 3.63) is 52.0 Å². The molecule has 0 unspecified atom stereocenters. The van der Waals surface area contributed by atoms with Gasteiger partial charge in [-0.3, -0.25) is 0 Å². The molecule has 0 spiro atoms. The van der Waals surface area contributed by atoms with E-state index in [-0.39, 0.29) is 5.82 Å². The summed E-state index contributed by atoms with van der Waals surface area (Å²) in [6.07, 6.45) is 0. The van der Waals surface area contributed by atoms with Crippen molar-refractivity contribution in [1.29, 1.82) is 0 Å². The van der Waals surface area contributed by atoms with Crippen molar-refractivity contribution in [2.75, 3.05) is 11.4 Å². The van der Waals surface area contributed by atoms with Gasteiger partial charge in [-0.25, -0.2) is 4.39 Å². The van der Waals surface area contributed by atoms with Crippen LogP contribution in [0.25, 0.3) is 0 Å². The minimum absolute atomic E-state index is 0.148. The summed E-state index contributed by atoms with van der Waals surface area (Å²) in [4.78, 5) is 3.31. The molecule has 1 aromatic carbocycles. The molecule has 0 aliphatic rings. The Bertz CT molecular complexity index is 499. The lowest BCUT2D eigenvalue weighted by molar-refractivity contribution is 0.617. The molecule has 0 radical (unpaired) electrons. The van der Waals surface area contributed by atoms with Gasteiger partial charge in [0.1, 0.15) is 5.82 Å². The number of hydrogen-bond acceptors (Lipinski definition) is 2. The third-order valence-corrected chi connectivity index (χ3v) is 4.32. The van der Waals surface area contributed by atoms with Crippen molar-refractivity contribution in [3.63, 3.8) is 0 Å². The Morgan fingerprint density at radius 3 is 2.72 bits per heavy atom. The van der Waals surface area contributed by atoms with Gasteiger partial charge in [-0.2, -0.15) is 0 Å². The number of benzene rings is 1. The van der Waals surface area contributed by atoms with E-state index in [2.05, 4.69) is 26.9 Å². The van der Waals surface area contributed by atoms with E-state index in [9.17, 15) is 4.39 Å². The quantitative estimate of drug-likeness (QED) is 0.712. The largest absolute Gasteiger partial charge is 0.364 e. The number of anilines is 1. The van der Waals surface area contributed by atoms with E-state index >= 15 is 0 Å². The summed E-state index contributed by atoms with van der Waals surface area (Å²) >= 11 is 5.04. The molecule has 0 amide bonds. The molecule has 0 N–H and O–H groups in total. The summed E-state index contributed by atoms with van der Waals surface area (Å²) in [5.74, 6) is -0.148. The van der Waals surface area contributed by atoms with Crippen LogP contribution < -0.4 is 4.90 Å². The van der Waals surface area contributed by atoms with E-state index in [1.54, 1.807) is 17.4 Å². The van der Waals surface area contributed by atoms with Crippen LogP contribution >= 0.6 is 27.3 Å². The summed E-state index contributed by atoms with van der Waals surface area (Å²) in [7, 11) is 0. The predicted molar refractivity (Wildman–Crippen MR) is 80.1 cm³/mol. The Balaban J connectivity index is 2.22. The lowest BCUT2D eigenvalue weighted by atomic mass is 10.2. The van der Waals surface area contributed by atoms with Crippen molar-refractivity contribution in [2.24, 2.45) is 0 Å². The zero-order chi connectivity index (χ0) is 13.0. The average Bonchev–Trinajstić information content (AvgIpc) is 2.89. The van der Waals surface area contributed by atoms with Gasteiger partial charge in [-0.15, -0.1) is 11.3 Å². The molecule has 1 aromatic heterocycles. The molecule has 96 valence electrons. The van der Waals surface area contributed by atoms with Gasteiger partial charge in [-0.1, -0.05) is 28.1 Å². The Hall–Kier alpha value is -0.870. The second-order valence-corrected chi connectivity index (χ2v) is 5.61. The zero-order valence-corrected chi connectivity index (χ0v) is 12.6. The topological polar surface area (TPSA) is 3.24 Å². The normalized spacial score (nSPS) is 10.6. The number of hydrogen-bond donors (Lipinski definition) is 0. The van der Waals surface area contributed by atoms with Crippen molar-refractivity contribution < 1.29 is 4.39 Å². The molecule has 0 saturated heterocycles. The van der Waals surface area contributed by atoms with Gasteiger partial charge < -0.3 is 4.90 Å². The lowest BCUT2D eigenvalue weighted by Gasteiger charge is -2.23. The third-order valence-electron chi connectivity index (χ3n) is 2.82. The Morgan fingerprint density at radius 1 is 1.33 bits per heavy atom. The van der Waals surface area contributed by atoms with Crippen LogP contribution in [-0.4, -0.2) is 6.54 Å². The highest BCUT2D eigenvalue weighted by Gasteiger charge is 2.11. The monoisotopic (exact) mass is 327 g/mol. The molecule has 0 aliphatic heterocycles. The SMILES string of the molecule is CCN(Cc1cccs1)c1ccc(CBr)cc1F. The molecular weight excluding hydrogens is 313 g/mol. The van der Waals surface area contributed by atoms with Crippen LogP contribution in [0.1, 0.15) is 17.4 Å². The van der Waals surface area contributed by atoms with Crippen LogP contribution in [0.15, 0.2) is 35.7 Å². The van der Waals surface area contributed by atoms with E-state index in [4.69, 9.17) is 0 Å². The second kappa shape index (κ2) is 6.34. The second-order valence-electron chi connectivity index (χ2n) is 4.01. The minimum Gasteiger partial charge on any atom is -0.364 e. The van der Waals surface area contributed by atoms with Crippen LogP contribution in [0, 0.1) is 5.82 Å². The smallest absolute Gasteiger partial charge is 0.146 e. The number of halogens is 2. The first-order chi connectivity index (χ1) is 8.74. The molecule has 1 heterocycles. The highest BCUT2D eigenvalue weighted by Crippen LogP contribution is 2.24.